The molecule has 1 amide bonds. The van der Waals surface area contributed by atoms with Gasteiger partial charge in [-0.3, -0.25) is 14.2 Å². The van der Waals surface area contributed by atoms with E-state index in [1.165, 1.54) is 0 Å². The zero-order chi connectivity index (χ0) is 17.1. The van der Waals surface area contributed by atoms with Crippen LogP contribution in [0.5, 0.6) is 0 Å². The number of aryl methyl sites for hydroxylation is 1. The van der Waals surface area contributed by atoms with Crippen molar-refractivity contribution in [3.05, 3.63) is 63.5 Å². The number of halogens is 2. The van der Waals surface area contributed by atoms with Crippen LogP contribution >= 0.6 is 27.5 Å². The Balaban J connectivity index is 1.69. The monoisotopic (exact) mass is 407 g/mol. The second-order valence-electron chi connectivity index (χ2n) is 5.29. The zero-order valence-corrected chi connectivity index (χ0v) is 15.3. The van der Waals surface area contributed by atoms with Crippen LogP contribution in [0, 0.1) is 6.92 Å². The summed E-state index contributed by atoms with van der Waals surface area (Å²) < 4.78 is 4.06. The van der Waals surface area contributed by atoms with E-state index in [9.17, 15) is 4.79 Å². The third-order valence-electron chi connectivity index (χ3n) is 3.49. The topological polar surface area (TPSA) is 64.7 Å². The normalized spacial score (nSPS) is 10.8. The van der Waals surface area contributed by atoms with E-state index >= 15 is 0 Å². The molecule has 3 rings (SSSR count). The molecule has 0 aliphatic heterocycles. The molecule has 24 heavy (non-hydrogen) atoms. The Kier molecular flexibility index (Phi) is 5.01. The van der Waals surface area contributed by atoms with Gasteiger partial charge in [0.2, 0.25) is 5.91 Å². The summed E-state index contributed by atoms with van der Waals surface area (Å²) in [6, 6.07) is 9.44. The number of nitrogens with zero attached hydrogens (tertiary/aromatic N) is 4. The third kappa shape index (κ3) is 3.85. The predicted octanol–water partition coefficient (Wildman–Crippen LogP) is 3.49. The fourth-order valence-corrected chi connectivity index (χ4v) is 2.85. The molecule has 0 unspecified atom stereocenters. The molecule has 0 aliphatic rings. The quantitative estimate of drug-likeness (QED) is 0.703. The van der Waals surface area contributed by atoms with E-state index in [1.54, 1.807) is 21.8 Å². The molecule has 124 valence electrons. The number of rotatable bonds is 5. The number of carbonyl (C=O) groups is 1. The van der Waals surface area contributed by atoms with Gasteiger partial charge in [0.1, 0.15) is 6.54 Å². The molecule has 2 heterocycles. The number of hydrogen-bond acceptors (Lipinski definition) is 3. The van der Waals surface area contributed by atoms with Gasteiger partial charge in [-0.1, -0.05) is 29.8 Å². The Hall–Kier alpha value is -2.12. The van der Waals surface area contributed by atoms with Crippen LogP contribution in [0.3, 0.4) is 0 Å². The molecule has 1 N–H and O–H groups in total. The van der Waals surface area contributed by atoms with Gasteiger partial charge >= 0.3 is 0 Å². The van der Waals surface area contributed by atoms with Gasteiger partial charge in [0.15, 0.2) is 5.82 Å². The first kappa shape index (κ1) is 16.7. The van der Waals surface area contributed by atoms with Gasteiger partial charge < -0.3 is 5.32 Å². The van der Waals surface area contributed by atoms with Crippen LogP contribution in [0.4, 0.5) is 5.82 Å². The average molecular weight is 409 g/mol. The second kappa shape index (κ2) is 7.19. The molecule has 0 saturated carbocycles. The van der Waals surface area contributed by atoms with E-state index in [1.807, 2.05) is 37.3 Å². The molecule has 0 radical (unpaired) electrons. The highest BCUT2D eigenvalue weighted by atomic mass is 79.9. The van der Waals surface area contributed by atoms with Gasteiger partial charge in [-0.05, 0) is 40.5 Å². The summed E-state index contributed by atoms with van der Waals surface area (Å²) in [5, 5.41) is 12.0. The first-order valence-electron chi connectivity index (χ1n) is 7.27. The fraction of sp³-hybridized carbons (Fsp3) is 0.188. The number of nitrogens with one attached hydrogen (secondary N) is 1. The van der Waals surface area contributed by atoms with Gasteiger partial charge in [-0.15, -0.1) is 0 Å². The van der Waals surface area contributed by atoms with E-state index < -0.39 is 0 Å². The molecule has 1 aromatic carbocycles. The number of carbonyl (C=O) groups excluding carboxylic acids is 1. The third-order valence-corrected chi connectivity index (χ3v) is 4.44. The minimum absolute atomic E-state index is 0.142. The molecular formula is C16H15BrClN5O. The summed E-state index contributed by atoms with van der Waals surface area (Å²) in [5.74, 6) is 0.280. The fourth-order valence-electron chi connectivity index (χ4n) is 2.24. The van der Waals surface area contributed by atoms with E-state index in [4.69, 9.17) is 11.6 Å². The molecule has 0 spiro atoms. The first-order valence-corrected chi connectivity index (χ1v) is 8.44. The minimum Gasteiger partial charge on any atom is -0.307 e. The summed E-state index contributed by atoms with van der Waals surface area (Å²) in [6.45, 7) is 2.56. The highest BCUT2D eigenvalue weighted by Crippen LogP contribution is 2.22. The molecule has 6 nitrogen and oxygen atoms in total. The molecule has 0 bridgehead atoms. The van der Waals surface area contributed by atoms with Crippen LogP contribution in [0.1, 0.15) is 11.3 Å². The largest absolute Gasteiger partial charge is 0.307 e. The lowest BCUT2D eigenvalue weighted by Gasteiger charge is -2.05. The smallest absolute Gasteiger partial charge is 0.247 e. The van der Waals surface area contributed by atoms with Crippen LogP contribution in [0.15, 0.2) is 47.2 Å². The van der Waals surface area contributed by atoms with Gasteiger partial charge in [-0.2, -0.15) is 10.2 Å². The lowest BCUT2D eigenvalue weighted by molar-refractivity contribution is -0.117. The Morgan fingerprint density at radius 3 is 2.83 bits per heavy atom. The number of benzene rings is 1. The van der Waals surface area contributed by atoms with Crippen molar-refractivity contribution in [1.82, 2.24) is 19.6 Å². The Morgan fingerprint density at radius 1 is 1.33 bits per heavy atom. The average Bonchev–Trinajstić information content (AvgIpc) is 3.08. The number of anilines is 1. The summed E-state index contributed by atoms with van der Waals surface area (Å²) in [6.07, 6.45) is 3.47. The van der Waals surface area contributed by atoms with Crippen LogP contribution in [-0.4, -0.2) is 25.5 Å². The minimum atomic E-state index is -0.189. The molecule has 3 aromatic rings. The second-order valence-corrected chi connectivity index (χ2v) is 6.55. The van der Waals surface area contributed by atoms with E-state index in [0.717, 1.165) is 11.3 Å². The molecule has 8 heteroatoms. The Labute approximate surface area is 152 Å². The van der Waals surface area contributed by atoms with Crippen LogP contribution < -0.4 is 5.32 Å². The number of amides is 1. The van der Waals surface area contributed by atoms with Crippen molar-refractivity contribution in [1.29, 1.82) is 0 Å². The van der Waals surface area contributed by atoms with E-state index in [0.29, 0.717) is 21.9 Å². The molecule has 0 saturated heterocycles. The van der Waals surface area contributed by atoms with E-state index in [2.05, 4.69) is 31.4 Å². The van der Waals surface area contributed by atoms with Crippen molar-refractivity contribution < 1.29 is 4.79 Å². The van der Waals surface area contributed by atoms with E-state index in [-0.39, 0.29) is 12.5 Å². The van der Waals surface area contributed by atoms with Gasteiger partial charge in [-0.25, -0.2) is 0 Å². The van der Waals surface area contributed by atoms with Gasteiger partial charge in [0, 0.05) is 23.1 Å². The molecule has 2 aromatic heterocycles. The zero-order valence-electron chi connectivity index (χ0n) is 12.9. The highest BCUT2D eigenvalue weighted by molar-refractivity contribution is 9.10. The van der Waals surface area contributed by atoms with Crippen molar-refractivity contribution in [3.63, 3.8) is 0 Å². The van der Waals surface area contributed by atoms with Crippen molar-refractivity contribution in [3.8, 4) is 0 Å². The van der Waals surface area contributed by atoms with Gasteiger partial charge in [0.05, 0.1) is 11.0 Å². The van der Waals surface area contributed by atoms with Crippen LogP contribution in [0.2, 0.25) is 5.02 Å². The predicted molar refractivity (Wildman–Crippen MR) is 96.1 cm³/mol. The summed E-state index contributed by atoms with van der Waals surface area (Å²) in [4.78, 5) is 12.1. The van der Waals surface area contributed by atoms with Crippen LogP contribution in [0.25, 0.3) is 0 Å². The van der Waals surface area contributed by atoms with Crippen molar-refractivity contribution >= 4 is 39.3 Å². The standard InChI is InChI=1S/C16H15BrClN5O/c1-11-6-7-19-23(11)10-15(24)20-16-13(17)9-22(21-16)8-12-4-2-3-5-14(12)18/h2-7,9H,8,10H2,1H3,(H,20,21,24). The lowest BCUT2D eigenvalue weighted by Crippen LogP contribution is -2.20. The maximum Gasteiger partial charge on any atom is 0.247 e. The van der Waals surface area contributed by atoms with Crippen molar-refractivity contribution in [2.24, 2.45) is 0 Å². The number of aromatic nitrogens is 4. The first-order chi connectivity index (χ1) is 11.5. The lowest BCUT2D eigenvalue weighted by atomic mass is 10.2. The SMILES string of the molecule is Cc1ccnn1CC(=O)Nc1nn(Cc2ccccc2Cl)cc1Br. The van der Waals surface area contributed by atoms with Crippen molar-refractivity contribution in [2.75, 3.05) is 5.32 Å². The summed E-state index contributed by atoms with van der Waals surface area (Å²) in [7, 11) is 0. The summed E-state index contributed by atoms with van der Waals surface area (Å²) in [5.41, 5.74) is 1.88. The maximum atomic E-state index is 12.1. The van der Waals surface area contributed by atoms with Crippen molar-refractivity contribution in [2.45, 2.75) is 20.0 Å². The molecule has 0 aliphatic carbocycles. The highest BCUT2D eigenvalue weighted by Gasteiger charge is 2.12. The van der Waals surface area contributed by atoms with Gasteiger partial charge in [0.25, 0.3) is 0 Å². The van der Waals surface area contributed by atoms with Crippen LogP contribution in [-0.2, 0) is 17.9 Å². The molecule has 0 atom stereocenters. The molecular weight excluding hydrogens is 394 g/mol. The summed E-state index contributed by atoms with van der Waals surface area (Å²) >= 11 is 9.58. The molecule has 0 fully saturated rings. The maximum absolute atomic E-state index is 12.1. The Morgan fingerprint density at radius 2 is 2.12 bits per heavy atom. The number of hydrogen-bond donors (Lipinski definition) is 1. The Bertz CT molecular complexity index is 873.